The van der Waals surface area contributed by atoms with Gasteiger partial charge in [-0.2, -0.15) is 0 Å². The summed E-state index contributed by atoms with van der Waals surface area (Å²) in [5.41, 5.74) is 1.75. The van der Waals surface area contributed by atoms with Crippen LogP contribution in [0.1, 0.15) is 28.4 Å². The number of rotatable bonds is 1. The molecular weight excluding hydrogens is 313 g/mol. The molecule has 1 unspecified atom stereocenters. The molecule has 3 aromatic carbocycles. The Kier molecular flexibility index (Phi) is 3.31. The first kappa shape index (κ1) is 14.2. The second-order valence-electron chi connectivity index (χ2n) is 5.67. The Labute approximate surface area is 137 Å². The third kappa shape index (κ3) is 2.28. The van der Waals surface area contributed by atoms with E-state index in [9.17, 15) is 9.18 Å². The molecule has 23 heavy (non-hydrogen) atoms. The minimum Gasteiger partial charge on any atom is -0.377 e. The Hall–Kier alpha value is -2.39. The number of halogens is 2. The molecule has 4 rings (SSSR count). The highest BCUT2D eigenvalue weighted by molar-refractivity contribution is 6.31. The number of anilines is 1. The summed E-state index contributed by atoms with van der Waals surface area (Å²) in [6.45, 7) is 0. The lowest BCUT2D eigenvalue weighted by Crippen LogP contribution is -2.24. The maximum absolute atomic E-state index is 14.2. The Bertz CT molecular complexity index is 918. The summed E-state index contributed by atoms with van der Waals surface area (Å²) < 4.78 is 14.2. The molecule has 0 saturated carbocycles. The van der Waals surface area contributed by atoms with Crippen molar-refractivity contribution in [3.63, 3.8) is 0 Å². The smallest absolute Gasteiger partial charge is 0.167 e. The molecule has 0 radical (unpaired) electrons. The Morgan fingerprint density at radius 3 is 2.70 bits per heavy atom. The van der Waals surface area contributed by atoms with Crippen molar-refractivity contribution in [2.45, 2.75) is 12.5 Å². The highest BCUT2D eigenvalue weighted by atomic mass is 35.5. The molecule has 1 aliphatic rings. The molecule has 3 aromatic rings. The van der Waals surface area contributed by atoms with Gasteiger partial charge in [0.2, 0.25) is 0 Å². The first-order valence-electron chi connectivity index (χ1n) is 7.40. The maximum Gasteiger partial charge on any atom is 0.167 e. The number of carbonyl (C=O) groups excluding carboxylic acids is 1. The van der Waals surface area contributed by atoms with E-state index in [1.165, 1.54) is 6.07 Å². The lowest BCUT2D eigenvalue weighted by Gasteiger charge is -2.28. The number of hydrogen-bond donors (Lipinski definition) is 1. The molecule has 1 atom stereocenters. The number of carbonyl (C=O) groups is 1. The number of benzene rings is 3. The van der Waals surface area contributed by atoms with Crippen molar-refractivity contribution in [1.82, 2.24) is 0 Å². The van der Waals surface area contributed by atoms with Gasteiger partial charge in [-0.3, -0.25) is 4.79 Å². The Morgan fingerprint density at radius 2 is 1.87 bits per heavy atom. The van der Waals surface area contributed by atoms with Crippen LogP contribution in [0.2, 0.25) is 5.02 Å². The van der Waals surface area contributed by atoms with Crippen LogP contribution < -0.4 is 5.32 Å². The van der Waals surface area contributed by atoms with Gasteiger partial charge in [0.05, 0.1) is 6.04 Å². The summed E-state index contributed by atoms with van der Waals surface area (Å²) in [5.74, 6) is -0.396. The normalized spacial score (nSPS) is 17.0. The van der Waals surface area contributed by atoms with Crippen molar-refractivity contribution in [2.24, 2.45) is 0 Å². The molecule has 0 saturated heterocycles. The van der Waals surface area contributed by atoms with Crippen LogP contribution in [0, 0.1) is 5.82 Å². The number of fused-ring (bicyclic) bond motifs is 3. The molecule has 0 amide bonds. The van der Waals surface area contributed by atoms with Gasteiger partial charge in [0.15, 0.2) is 5.78 Å². The summed E-state index contributed by atoms with van der Waals surface area (Å²) in [4.78, 5) is 12.7. The average Bonchev–Trinajstić information content (AvgIpc) is 2.54. The van der Waals surface area contributed by atoms with E-state index in [1.807, 2.05) is 36.4 Å². The Balaban J connectivity index is 1.85. The summed E-state index contributed by atoms with van der Waals surface area (Å²) in [6, 6.07) is 15.7. The molecule has 0 spiro atoms. The summed E-state index contributed by atoms with van der Waals surface area (Å²) in [5, 5.41) is 5.54. The zero-order valence-electron chi connectivity index (χ0n) is 12.1. The van der Waals surface area contributed by atoms with E-state index in [4.69, 9.17) is 11.6 Å². The minimum atomic E-state index is -0.454. The molecular formula is C19H13ClFNO. The molecule has 1 heterocycles. The molecule has 2 nitrogen and oxygen atoms in total. The summed E-state index contributed by atoms with van der Waals surface area (Å²) in [7, 11) is 0. The van der Waals surface area contributed by atoms with Crippen LogP contribution in [0.5, 0.6) is 0 Å². The average molecular weight is 326 g/mol. The largest absolute Gasteiger partial charge is 0.377 e. The standard InChI is InChI=1S/C19H13ClFNO/c20-13-6-3-7-14(21)19(13)16-10-17(23)18-12-5-2-1-4-11(12)8-9-15(18)22-16/h1-9,16,22H,10H2. The first-order valence-corrected chi connectivity index (χ1v) is 7.78. The van der Waals surface area contributed by atoms with E-state index in [1.54, 1.807) is 12.1 Å². The van der Waals surface area contributed by atoms with Crippen LogP contribution in [0.3, 0.4) is 0 Å². The predicted molar refractivity (Wildman–Crippen MR) is 90.7 cm³/mol. The van der Waals surface area contributed by atoms with Crippen molar-refractivity contribution in [1.29, 1.82) is 0 Å². The fourth-order valence-electron chi connectivity index (χ4n) is 3.24. The quantitative estimate of drug-likeness (QED) is 0.651. The fourth-order valence-corrected chi connectivity index (χ4v) is 3.53. The van der Waals surface area contributed by atoms with Gasteiger partial charge in [0, 0.05) is 28.3 Å². The molecule has 114 valence electrons. The number of ketones is 1. The van der Waals surface area contributed by atoms with E-state index in [0.29, 0.717) is 16.1 Å². The third-order valence-corrected chi connectivity index (χ3v) is 4.60. The van der Waals surface area contributed by atoms with E-state index >= 15 is 0 Å². The van der Waals surface area contributed by atoms with Crippen molar-refractivity contribution in [3.8, 4) is 0 Å². The Morgan fingerprint density at radius 1 is 1.04 bits per heavy atom. The molecule has 0 aliphatic carbocycles. The van der Waals surface area contributed by atoms with Crippen molar-refractivity contribution in [3.05, 3.63) is 76.6 Å². The zero-order chi connectivity index (χ0) is 16.0. The van der Waals surface area contributed by atoms with Crippen molar-refractivity contribution < 1.29 is 9.18 Å². The molecule has 0 fully saturated rings. The third-order valence-electron chi connectivity index (χ3n) is 4.28. The number of nitrogens with one attached hydrogen (secondary N) is 1. The van der Waals surface area contributed by atoms with Crippen molar-refractivity contribution >= 4 is 33.8 Å². The number of Topliss-reactive ketones (excluding diaryl/α,β-unsaturated/α-hetero) is 1. The lowest BCUT2D eigenvalue weighted by molar-refractivity contribution is 0.0973. The van der Waals surface area contributed by atoms with Gasteiger partial charge in [0.1, 0.15) is 5.82 Å². The van der Waals surface area contributed by atoms with Gasteiger partial charge in [-0.25, -0.2) is 4.39 Å². The van der Waals surface area contributed by atoms with E-state index in [2.05, 4.69) is 5.32 Å². The van der Waals surface area contributed by atoms with E-state index in [-0.39, 0.29) is 12.2 Å². The fraction of sp³-hybridized carbons (Fsp3) is 0.105. The van der Waals surface area contributed by atoms with Crippen LogP contribution >= 0.6 is 11.6 Å². The van der Waals surface area contributed by atoms with Gasteiger partial charge >= 0.3 is 0 Å². The number of hydrogen-bond acceptors (Lipinski definition) is 2. The monoisotopic (exact) mass is 325 g/mol. The van der Waals surface area contributed by atoms with Crippen LogP contribution in [-0.4, -0.2) is 5.78 Å². The first-order chi connectivity index (χ1) is 11.1. The van der Waals surface area contributed by atoms with Gasteiger partial charge in [0.25, 0.3) is 0 Å². The van der Waals surface area contributed by atoms with Crippen LogP contribution in [-0.2, 0) is 0 Å². The minimum absolute atomic E-state index is 0.000121. The van der Waals surface area contributed by atoms with Gasteiger partial charge in [-0.15, -0.1) is 0 Å². The summed E-state index contributed by atoms with van der Waals surface area (Å²) >= 11 is 6.14. The van der Waals surface area contributed by atoms with Crippen LogP contribution in [0.15, 0.2) is 54.6 Å². The SMILES string of the molecule is O=C1CC(c2c(F)cccc2Cl)Nc2ccc3ccccc3c21. The second-order valence-corrected chi connectivity index (χ2v) is 6.08. The molecule has 1 aliphatic heterocycles. The zero-order valence-corrected chi connectivity index (χ0v) is 12.9. The van der Waals surface area contributed by atoms with Gasteiger partial charge in [-0.05, 0) is 29.0 Å². The van der Waals surface area contributed by atoms with Crippen LogP contribution in [0.4, 0.5) is 10.1 Å². The highest BCUT2D eigenvalue weighted by Crippen LogP contribution is 2.39. The second kappa shape index (κ2) is 5.36. The highest BCUT2D eigenvalue weighted by Gasteiger charge is 2.29. The topological polar surface area (TPSA) is 29.1 Å². The van der Waals surface area contributed by atoms with Crippen LogP contribution in [0.25, 0.3) is 10.8 Å². The van der Waals surface area contributed by atoms with E-state index < -0.39 is 11.9 Å². The summed E-state index contributed by atoms with van der Waals surface area (Å²) in [6.07, 6.45) is 0.182. The molecule has 0 aromatic heterocycles. The molecule has 0 bridgehead atoms. The van der Waals surface area contributed by atoms with Gasteiger partial charge in [-0.1, -0.05) is 48.0 Å². The molecule has 4 heteroatoms. The van der Waals surface area contributed by atoms with Gasteiger partial charge < -0.3 is 5.32 Å². The predicted octanol–water partition coefficient (Wildman–Crippen LogP) is 5.37. The maximum atomic E-state index is 14.2. The molecule has 1 N–H and O–H groups in total. The lowest BCUT2D eigenvalue weighted by atomic mass is 9.89. The van der Waals surface area contributed by atoms with Crippen molar-refractivity contribution in [2.75, 3.05) is 5.32 Å². The van der Waals surface area contributed by atoms with E-state index in [0.717, 1.165) is 16.5 Å².